The van der Waals surface area contributed by atoms with E-state index in [2.05, 4.69) is 19.6 Å². The van der Waals surface area contributed by atoms with Gasteiger partial charge in [-0.15, -0.1) is 0 Å². The fourth-order valence-corrected chi connectivity index (χ4v) is 2.40. The van der Waals surface area contributed by atoms with Crippen LogP contribution in [0.4, 0.5) is 13.2 Å². The number of carbonyl (C=O) groups is 1. The lowest BCUT2D eigenvalue weighted by molar-refractivity contribution is -0.178. The van der Waals surface area contributed by atoms with Crippen molar-refractivity contribution >= 4 is 5.91 Å². The Bertz CT molecular complexity index is 927. The lowest BCUT2D eigenvalue weighted by Crippen LogP contribution is -2.30. The van der Waals surface area contributed by atoms with Crippen molar-refractivity contribution in [1.29, 1.82) is 0 Å². The fourth-order valence-electron chi connectivity index (χ4n) is 2.40. The lowest BCUT2D eigenvalue weighted by atomic mass is 10.1. The van der Waals surface area contributed by atoms with Crippen molar-refractivity contribution in [2.24, 2.45) is 0 Å². The monoisotopic (exact) mass is 392 g/mol. The third kappa shape index (κ3) is 4.71. The van der Waals surface area contributed by atoms with Crippen molar-refractivity contribution in [3.8, 4) is 11.4 Å². The van der Waals surface area contributed by atoms with Crippen LogP contribution < -0.4 is 0 Å². The van der Waals surface area contributed by atoms with Gasteiger partial charge in [-0.2, -0.15) is 18.2 Å². The Balaban J connectivity index is 1.67. The van der Waals surface area contributed by atoms with Gasteiger partial charge < -0.3 is 4.52 Å². The van der Waals surface area contributed by atoms with Crippen LogP contribution in [0, 0.1) is 0 Å². The molecule has 146 valence electrons. The van der Waals surface area contributed by atoms with Crippen molar-refractivity contribution in [2.75, 3.05) is 7.11 Å². The average Bonchev–Trinajstić information content (AvgIpc) is 3.18. The Kier molecular flexibility index (Phi) is 5.69. The highest BCUT2D eigenvalue weighted by Crippen LogP contribution is 2.29. The highest BCUT2D eigenvalue weighted by Gasteiger charge is 2.38. The van der Waals surface area contributed by atoms with Crippen molar-refractivity contribution in [3.63, 3.8) is 0 Å². The van der Waals surface area contributed by atoms with Gasteiger partial charge in [0.25, 0.3) is 5.91 Å². The number of aromatic nitrogens is 3. The topological polar surface area (TPSA) is 81.4 Å². The highest BCUT2D eigenvalue weighted by molar-refractivity contribution is 5.77. The molecular weight excluding hydrogens is 377 g/mol. The van der Waals surface area contributed by atoms with Gasteiger partial charge in [0.2, 0.25) is 5.82 Å². The molecule has 0 radical (unpaired) electrons. The normalized spacial score (nSPS) is 11.4. The number of halogens is 3. The van der Waals surface area contributed by atoms with Gasteiger partial charge in [0.1, 0.15) is 0 Å². The highest BCUT2D eigenvalue weighted by atomic mass is 19.4. The summed E-state index contributed by atoms with van der Waals surface area (Å²) >= 11 is 0. The van der Waals surface area contributed by atoms with Crippen molar-refractivity contribution < 1.29 is 27.3 Å². The Morgan fingerprint density at radius 1 is 1.18 bits per heavy atom. The minimum atomic E-state index is -4.70. The minimum Gasteiger partial charge on any atom is -0.329 e. The Morgan fingerprint density at radius 2 is 1.93 bits per heavy atom. The first-order valence-corrected chi connectivity index (χ1v) is 8.10. The van der Waals surface area contributed by atoms with E-state index in [9.17, 15) is 18.0 Å². The van der Waals surface area contributed by atoms with Crippen LogP contribution in [-0.2, 0) is 28.8 Å². The maximum absolute atomic E-state index is 12.5. The van der Waals surface area contributed by atoms with Gasteiger partial charge in [-0.05, 0) is 17.2 Å². The summed E-state index contributed by atoms with van der Waals surface area (Å²) in [6, 6.07) is 9.89. The first kappa shape index (κ1) is 19.5. The second-order valence-electron chi connectivity index (χ2n) is 5.77. The van der Waals surface area contributed by atoms with E-state index < -0.39 is 12.1 Å². The summed E-state index contributed by atoms with van der Waals surface area (Å²) in [5, 5.41) is 4.53. The molecule has 7 nitrogen and oxygen atoms in total. The largest absolute Gasteiger partial charge is 0.471 e. The molecule has 0 saturated carbocycles. The zero-order valence-electron chi connectivity index (χ0n) is 14.7. The van der Waals surface area contributed by atoms with Crippen LogP contribution in [0.1, 0.15) is 17.0 Å². The number of rotatable bonds is 6. The van der Waals surface area contributed by atoms with Crippen LogP contribution in [0.2, 0.25) is 0 Å². The molecule has 0 unspecified atom stereocenters. The minimum absolute atomic E-state index is 0.128. The van der Waals surface area contributed by atoms with Gasteiger partial charge >= 0.3 is 12.1 Å². The molecule has 0 bridgehead atoms. The van der Waals surface area contributed by atoms with Crippen LogP contribution in [0.5, 0.6) is 0 Å². The standard InChI is InChI=1S/C18H15F3N4O3/c1-27-25(15(26)9-13-3-2-8-22-10-13)11-12-4-6-14(7-5-12)16-23-17(28-24-16)18(19,20)21/h2-8,10H,9,11H2,1H3. The van der Waals surface area contributed by atoms with E-state index in [0.29, 0.717) is 11.1 Å². The second-order valence-corrected chi connectivity index (χ2v) is 5.77. The van der Waals surface area contributed by atoms with Gasteiger partial charge in [0, 0.05) is 18.0 Å². The lowest BCUT2D eigenvalue weighted by Gasteiger charge is -2.20. The zero-order chi connectivity index (χ0) is 20.1. The molecule has 28 heavy (non-hydrogen) atoms. The van der Waals surface area contributed by atoms with E-state index in [1.165, 1.54) is 12.2 Å². The molecule has 0 aliphatic heterocycles. The number of nitrogens with zero attached hydrogens (tertiary/aromatic N) is 4. The van der Waals surface area contributed by atoms with Gasteiger partial charge in [-0.25, -0.2) is 5.06 Å². The Hall–Kier alpha value is -3.27. The summed E-state index contributed by atoms with van der Waals surface area (Å²) in [5.41, 5.74) is 1.82. The van der Waals surface area contributed by atoms with E-state index >= 15 is 0 Å². The number of pyridine rings is 1. The molecule has 3 rings (SSSR count). The molecule has 1 aromatic carbocycles. The molecule has 0 atom stereocenters. The predicted octanol–water partition coefficient (Wildman–Crippen LogP) is 3.28. The summed E-state index contributed by atoms with van der Waals surface area (Å²) in [6.45, 7) is 0.163. The van der Waals surface area contributed by atoms with Gasteiger partial charge in [0.15, 0.2) is 0 Å². The molecule has 2 heterocycles. The first-order valence-electron chi connectivity index (χ1n) is 8.10. The summed E-state index contributed by atoms with van der Waals surface area (Å²) in [4.78, 5) is 24.8. The van der Waals surface area contributed by atoms with Crippen LogP contribution in [0.25, 0.3) is 11.4 Å². The third-order valence-electron chi connectivity index (χ3n) is 3.78. The number of hydroxylamine groups is 2. The van der Waals surface area contributed by atoms with Crippen molar-refractivity contribution in [3.05, 3.63) is 65.8 Å². The molecule has 0 fully saturated rings. The van der Waals surface area contributed by atoms with Crippen LogP contribution in [0.15, 0.2) is 53.3 Å². The molecule has 0 aliphatic rings. The van der Waals surface area contributed by atoms with E-state index in [4.69, 9.17) is 4.84 Å². The van der Waals surface area contributed by atoms with E-state index in [1.54, 1.807) is 48.8 Å². The van der Waals surface area contributed by atoms with Crippen LogP contribution in [0.3, 0.4) is 0 Å². The molecule has 2 aromatic heterocycles. The van der Waals surface area contributed by atoms with Crippen molar-refractivity contribution in [2.45, 2.75) is 19.1 Å². The van der Waals surface area contributed by atoms with Gasteiger partial charge in [0.05, 0.1) is 20.1 Å². The quantitative estimate of drug-likeness (QED) is 0.599. The number of hydrogen-bond acceptors (Lipinski definition) is 6. The Labute approximate surface area is 157 Å². The number of carbonyl (C=O) groups excluding carboxylic acids is 1. The molecule has 0 saturated heterocycles. The van der Waals surface area contributed by atoms with Crippen LogP contribution >= 0.6 is 0 Å². The van der Waals surface area contributed by atoms with Gasteiger partial charge in [-0.1, -0.05) is 35.5 Å². The molecule has 10 heteroatoms. The molecule has 3 aromatic rings. The number of hydrogen-bond donors (Lipinski definition) is 0. The third-order valence-corrected chi connectivity index (χ3v) is 3.78. The van der Waals surface area contributed by atoms with E-state index in [-0.39, 0.29) is 24.7 Å². The second kappa shape index (κ2) is 8.17. The number of benzene rings is 1. The molecular formula is C18H15F3N4O3. The maximum atomic E-state index is 12.5. The summed E-state index contributed by atoms with van der Waals surface area (Å²) in [5.74, 6) is -1.83. The average molecular weight is 392 g/mol. The summed E-state index contributed by atoms with van der Waals surface area (Å²) < 4.78 is 41.9. The zero-order valence-corrected chi connectivity index (χ0v) is 14.7. The van der Waals surface area contributed by atoms with E-state index in [1.807, 2.05) is 0 Å². The van der Waals surface area contributed by atoms with Gasteiger partial charge in [-0.3, -0.25) is 14.6 Å². The first-order chi connectivity index (χ1) is 13.4. The molecule has 0 N–H and O–H groups in total. The number of alkyl halides is 3. The predicted molar refractivity (Wildman–Crippen MR) is 90.2 cm³/mol. The molecule has 1 amide bonds. The Morgan fingerprint density at radius 3 is 2.50 bits per heavy atom. The molecule has 0 spiro atoms. The molecule has 0 aliphatic carbocycles. The summed E-state index contributed by atoms with van der Waals surface area (Å²) in [6.07, 6.45) is -1.35. The maximum Gasteiger partial charge on any atom is 0.471 e. The van der Waals surface area contributed by atoms with E-state index in [0.717, 1.165) is 5.56 Å². The SMILES string of the molecule is CON(Cc1ccc(-c2noc(C(F)(F)F)n2)cc1)C(=O)Cc1cccnc1. The van der Waals surface area contributed by atoms with Crippen LogP contribution in [-0.4, -0.2) is 33.2 Å². The van der Waals surface area contributed by atoms with Crippen molar-refractivity contribution in [1.82, 2.24) is 20.2 Å². The number of amides is 1. The summed E-state index contributed by atoms with van der Waals surface area (Å²) in [7, 11) is 1.38. The smallest absolute Gasteiger partial charge is 0.329 e. The fraction of sp³-hybridized carbons (Fsp3) is 0.222.